The van der Waals surface area contributed by atoms with Gasteiger partial charge in [-0.05, 0) is 75.8 Å². The highest BCUT2D eigenvalue weighted by Crippen LogP contribution is 2.37. The molecule has 3 atom stereocenters. The monoisotopic (exact) mass is 551 g/mol. The van der Waals surface area contributed by atoms with Gasteiger partial charge >= 0.3 is 6.09 Å². The second-order valence-electron chi connectivity index (χ2n) is 11.1. The first-order valence-electron chi connectivity index (χ1n) is 13.3. The maximum Gasteiger partial charge on any atom is 0.408 e. The van der Waals surface area contributed by atoms with Crippen LogP contribution in [0.1, 0.15) is 76.6 Å². The fourth-order valence-corrected chi connectivity index (χ4v) is 4.60. The van der Waals surface area contributed by atoms with Gasteiger partial charge in [0.15, 0.2) is 0 Å². The molecule has 0 aromatic heterocycles. The van der Waals surface area contributed by atoms with Crippen molar-refractivity contribution in [2.24, 2.45) is 5.92 Å². The highest BCUT2D eigenvalue weighted by Gasteiger charge is 2.45. The molecule has 0 heterocycles. The summed E-state index contributed by atoms with van der Waals surface area (Å²) < 4.78 is 5.46. The molecule has 1 saturated carbocycles. The average Bonchev–Trinajstić information content (AvgIpc) is 3.71. The lowest BCUT2D eigenvalue weighted by atomic mass is 9.95. The molecular formula is C31H38ClN3O4. The first-order chi connectivity index (χ1) is 18.4. The van der Waals surface area contributed by atoms with E-state index in [2.05, 4.69) is 16.6 Å². The third-order valence-corrected chi connectivity index (χ3v) is 7.05. The number of nitrogens with one attached hydrogen (secondary N) is 2. The lowest BCUT2D eigenvalue weighted by molar-refractivity contribution is -0.142. The number of hydrogen-bond acceptors (Lipinski definition) is 4. The van der Waals surface area contributed by atoms with E-state index in [1.807, 2.05) is 32.9 Å². The molecule has 1 fully saturated rings. The predicted octanol–water partition coefficient (Wildman–Crippen LogP) is 6.24. The van der Waals surface area contributed by atoms with Gasteiger partial charge in [-0.1, -0.05) is 62.1 Å². The molecule has 3 rings (SSSR count). The van der Waals surface area contributed by atoms with Crippen molar-refractivity contribution < 1.29 is 19.1 Å². The smallest absolute Gasteiger partial charge is 0.408 e. The number of halogens is 1. The van der Waals surface area contributed by atoms with E-state index < -0.39 is 29.7 Å². The molecule has 208 valence electrons. The summed E-state index contributed by atoms with van der Waals surface area (Å²) in [6, 6.07) is 10.4. The number of carbonyl (C=O) groups is 3. The summed E-state index contributed by atoms with van der Waals surface area (Å²) >= 11 is 6.42. The second-order valence-corrected chi connectivity index (χ2v) is 11.5. The largest absolute Gasteiger partial charge is 0.444 e. The molecule has 0 radical (unpaired) electrons. The zero-order valence-electron chi connectivity index (χ0n) is 23.5. The summed E-state index contributed by atoms with van der Waals surface area (Å²) in [7, 11) is 0. The number of anilines is 1. The van der Waals surface area contributed by atoms with Crippen LogP contribution in [0.5, 0.6) is 0 Å². The first-order valence-corrected chi connectivity index (χ1v) is 13.7. The molecule has 3 unspecified atom stereocenters. The number of terminal acetylenes is 1. The number of rotatable bonds is 9. The molecule has 7 nitrogen and oxygen atoms in total. The molecule has 3 amide bonds. The van der Waals surface area contributed by atoms with Crippen LogP contribution in [0, 0.1) is 25.2 Å². The van der Waals surface area contributed by atoms with Crippen LogP contribution in [0.2, 0.25) is 5.02 Å². The lowest BCUT2D eigenvalue weighted by Gasteiger charge is -2.36. The summed E-state index contributed by atoms with van der Waals surface area (Å²) in [5, 5.41) is 6.15. The second kappa shape index (κ2) is 12.6. The van der Waals surface area contributed by atoms with E-state index in [-0.39, 0.29) is 17.9 Å². The van der Waals surface area contributed by atoms with E-state index in [9.17, 15) is 14.4 Å². The van der Waals surface area contributed by atoms with Gasteiger partial charge in [-0.3, -0.25) is 9.59 Å². The predicted molar refractivity (Wildman–Crippen MR) is 154 cm³/mol. The topological polar surface area (TPSA) is 87.7 Å². The quantitative estimate of drug-likeness (QED) is 0.361. The van der Waals surface area contributed by atoms with Crippen LogP contribution < -0.4 is 10.6 Å². The molecule has 0 saturated heterocycles. The van der Waals surface area contributed by atoms with Crippen molar-refractivity contribution in [1.82, 2.24) is 10.2 Å². The number of nitrogens with zero attached hydrogens (tertiary/aromatic N) is 1. The Morgan fingerprint density at radius 1 is 1.15 bits per heavy atom. The van der Waals surface area contributed by atoms with Crippen LogP contribution in [0.3, 0.4) is 0 Å². The minimum Gasteiger partial charge on any atom is -0.444 e. The van der Waals surface area contributed by atoms with E-state index in [1.54, 1.807) is 56.0 Å². The number of para-hydroxylation sites is 1. The van der Waals surface area contributed by atoms with Gasteiger partial charge in [0.2, 0.25) is 5.91 Å². The number of alkyl carbamates (subject to hydrolysis) is 1. The van der Waals surface area contributed by atoms with Crippen molar-refractivity contribution in [3.05, 3.63) is 64.2 Å². The molecule has 1 aliphatic carbocycles. The molecule has 8 heteroatoms. The SMILES string of the molecule is C#Cc1ccc(C(C(=O)Nc2c(C)cccc2Cl)N(C(=O)C(NC(=O)OC(C)(C)C)C(C)CC)C2CC2)cc1. The maximum absolute atomic E-state index is 14.3. The van der Waals surface area contributed by atoms with Crippen molar-refractivity contribution in [1.29, 1.82) is 0 Å². The third-order valence-electron chi connectivity index (χ3n) is 6.74. The van der Waals surface area contributed by atoms with E-state index in [0.29, 0.717) is 28.3 Å². The normalized spacial score (nSPS) is 15.3. The molecule has 1 aliphatic rings. The molecule has 2 N–H and O–H groups in total. The first kappa shape index (κ1) is 30.0. The Balaban J connectivity index is 2.05. The lowest BCUT2D eigenvalue weighted by Crippen LogP contribution is -2.55. The van der Waals surface area contributed by atoms with Crippen molar-refractivity contribution in [2.75, 3.05) is 5.32 Å². The zero-order valence-corrected chi connectivity index (χ0v) is 24.3. The van der Waals surface area contributed by atoms with Crippen LogP contribution in [-0.2, 0) is 14.3 Å². The van der Waals surface area contributed by atoms with E-state index in [0.717, 1.165) is 18.4 Å². The average molecular weight is 552 g/mol. The zero-order chi connectivity index (χ0) is 28.9. The molecule has 0 spiro atoms. The van der Waals surface area contributed by atoms with Gasteiger partial charge in [0, 0.05) is 11.6 Å². The van der Waals surface area contributed by atoms with E-state index >= 15 is 0 Å². The highest BCUT2D eigenvalue weighted by atomic mass is 35.5. The third kappa shape index (κ3) is 7.77. The summed E-state index contributed by atoms with van der Waals surface area (Å²) in [5.74, 6) is 1.64. The Bertz CT molecular complexity index is 1220. The van der Waals surface area contributed by atoms with Crippen LogP contribution in [0.25, 0.3) is 0 Å². The van der Waals surface area contributed by atoms with Crippen LogP contribution in [-0.4, -0.2) is 40.5 Å². The van der Waals surface area contributed by atoms with Crippen LogP contribution in [0.4, 0.5) is 10.5 Å². The van der Waals surface area contributed by atoms with Gasteiger partial charge in [0.05, 0.1) is 10.7 Å². The van der Waals surface area contributed by atoms with Crippen molar-refractivity contribution in [3.8, 4) is 12.3 Å². The van der Waals surface area contributed by atoms with Crippen LogP contribution in [0.15, 0.2) is 42.5 Å². The summed E-state index contributed by atoms with van der Waals surface area (Å²) in [6.45, 7) is 11.0. The van der Waals surface area contributed by atoms with E-state index in [4.69, 9.17) is 22.8 Å². The standard InChI is InChI=1S/C31H38ClN3O4/c1-8-19(3)26(34-30(38)39-31(5,6)7)29(37)35(23-17-18-23)27(22-15-13-21(9-2)14-16-22)28(36)33-25-20(4)11-10-12-24(25)32/h2,10-16,19,23,26-27H,8,17-18H2,1,3-7H3,(H,33,36)(H,34,38). The fourth-order valence-electron chi connectivity index (χ4n) is 4.33. The van der Waals surface area contributed by atoms with Gasteiger partial charge in [0.25, 0.3) is 5.91 Å². The molecule has 39 heavy (non-hydrogen) atoms. The number of carbonyl (C=O) groups excluding carboxylic acids is 3. The Hall–Kier alpha value is -3.50. The maximum atomic E-state index is 14.3. The van der Waals surface area contributed by atoms with Gasteiger partial charge in [-0.2, -0.15) is 0 Å². The molecule has 0 aliphatic heterocycles. The number of amides is 3. The summed E-state index contributed by atoms with van der Waals surface area (Å²) in [4.78, 5) is 42.6. The molecule has 2 aromatic rings. The van der Waals surface area contributed by atoms with Crippen molar-refractivity contribution in [2.45, 2.75) is 84.5 Å². The van der Waals surface area contributed by atoms with Gasteiger partial charge < -0.3 is 20.3 Å². The van der Waals surface area contributed by atoms with Gasteiger partial charge in [-0.15, -0.1) is 6.42 Å². The number of ether oxygens (including phenoxy) is 1. The van der Waals surface area contributed by atoms with Crippen LogP contribution >= 0.6 is 11.6 Å². The molecule has 2 aromatic carbocycles. The summed E-state index contributed by atoms with van der Waals surface area (Å²) in [5.41, 5.74) is 1.83. The molecular weight excluding hydrogens is 514 g/mol. The van der Waals surface area contributed by atoms with Crippen molar-refractivity contribution >= 4 is 35.2 Å². The minimum absolute atomic E-state index is 0.153. The molecule has 0 bridgehead atoms. The van der Waals surface area contributed by atoms with Gasteiger partial charge in [-0.25, -0.2) is 4.79 Å². The Labute approximate surface area is 236 Å². The fraction of sp³-hybridized carbons (Fsp3) is 0.452. The van der Waals surface area contributed by atoms with E-state index in [1.165, 1.54) is 0 Å². The highest BCUT2D eigenvalue weighted by molar-refractivity contribution is 6.34. The van der Waals surface area contributed by atoms with Crippen molar-refractivity contribution in [3.63, 3.8) is 0 Å². The Morgan fingerprint density at radius 3 is 2.31 bits per heavy atom. The summed E-state index contributed by atoms with van der Waals surface area (Å²) in [6.07, 6.45) is 7.02. The minimum atomic E-state index is -0.973. The Morgan fingerprint density at radius 2 is 1.79 bits per heavy atom. The number of benzene rings is 2. The number of aryl methyl sites for hydroxylation is 1. The Kier molecular flexibility index (Phi) is 9.68. The number of hydrogen-bond donors (Lipinski definition) is 2. The van der Waals surface area contributed by atoms with Gasteiger partial charge in [0.1, 0.15) is 17.7 Å².